The van der Waals surface area contributed by atoms with Crippen molar-refractivity contribution in [1.29, 1.82) is 0 Å². The van der Waals surface area contributed by atoms with Gasteiger partial charge in [-0.15, -0.1) is 24.0 Å². The maximum Gasteiger partial charge on any atom is 0.241 e. The highest BCUT2D eigenvalue weighted by molar-refractivity contribution is 14.0. The van der Waals surface area contributed by atoms with Crippen LogP contribution in [0.3, 0.4) is 0 Å². The highest BCUT2D eigenvalue weighted by Crippen LogP contribution is 2.04. The number of hydrogen-bond donors (Lipinski definition) is 3. The van der Waals surface area contributed by atoms with Crippen molar-refractivity contribution in [2.24, 2.45) is 10.9 Å². The van der Waals surface area contributed by atoms with E-state index in [2.05, 4.69) is 34.8 Å². The summed E-state index contributed by atoms with van der Waals surface area (Å²) >= 11 is 0. The Bertz CT molecular complexity index is 255. The molecule has 5 nitrogen and oxygen atoms in total. The van der Waals surface area contributed by atoms with Crippen LogP contribution in [0.2, 0.25) is 0 Å². The van der Waals surface area contributed by atoms with Crippen LogP contribution < -0.4 is 16.0 Å². The van der Waals surface area contributed by atoms with Gasteiger partial charge in [0.25, 0.3) is 0 Å². The molecule has 1 amide bonds. The first kappa shape index (κ1) is 20.8. The number of hydrogen-bond acceptors (Lipinski definition) is 2. The second-order valence-electron chi connectivity index (χ2n) is 4.21. The molecular formula is C13H29IN4O. The van der Waals surface area contributed by atoms with Crippen LogP contribution >= 0.6 is 24.0 Å². The van der Waals surface area contributed by atoms with Crippen molar-refractivity contribution in [2.45, 2.75) is 40.5 Å². The molecule has 0 aliphatic heterocycles. The Morgan fingerprint density at radius 2 is 1.58 bits per heavy atom. The number of guanidine groups is 1. The molecule has 3 N–H and O–H groups in total. The van der Waals surface area contributed by atoms with Crippen LogP contribution in [-0.2, 0) is 4.79 Å². The smallest absolute Gasteiger partial charge is 0.241 e. The van der Waals surface area contributed by atoms with Gasteiger partial charge in [-0.05, 0) is 19.8 Å². The van der Waals surface area contributed by atoms with E-state index >= 15 is 0 Å². The minimum absolute atomic E-state index is 0. The minimum Gasteiger partial charge on any atom is -0.357 e. The second-order valence-corrected chi connectivity index (χ2v) is 4.21. The number of rotatable bonds is 8. The summed E-state index contributed by atoms with van der Waals surface area (Å²) in [5, 5.41) is 9.15. The van der Waals surface area contributed by atoms with E-state index in [1.54, 1.807) is 0 Å². The fourth-order valence-corrected chi connectivity index (χ4v) is 1.56. The molecule has 0 aromatic carbocycles. The molecule has 0 aliphatic rings. The Kier molecular flexibility index (Phi) is 15.2. The molecule has 19 heavy (non-hydrogen) atoms. The van der Waals surface area contributed by atoms with E-state index < -0.39 is 0 Å². The number of aliphatic imine (C=N–C) groups is 1. The van der Waals surface area contributed by atoms with Gasteiger partial charge in [-0.25, -0.2) is 4.99 Å². The molecule has 0 radical (unpaired) electrons. The Morgan fingerprint density at radius 1 is 1.00 bits per heavy atom. The topological polar surface area (TPSA) is 65.5 Å². The zero-order chi connectivity index (χ0) is 13.8. The summed E-state index contributed by atoms with van der Waals surface area (Å²) in [6, 6.07) is 0. The van der Waals surface area contributed by atoms with Crippen LogP contribution in [0.15, 0.2) is 4.99 Å². The monoisotopic (exact) mass is 384 g/mol. The lowest BCUT2D eigenvalue weighted by Crippen LogP contribution is -2.40. The van der Waals surface area contributed by atoms with E-state index in [9.17, 15) is 4.79 Å². The first-order valence-corrected chi connectivity index (χ1v) is 6.96. The molecule has 0 aromatic rings. The van der Waals surface area contributed by atoms with Crippen molar-refractivity contribution < 1.29 is 4.79 Å². The third-order valence-electron chi connectivity index (χ3n) is 2.81. The fraction of sp³-hybridized carbons (Fsp3) is 0.846. The Morgan fingerprint density at radius 3 is 2.05 bits per heavy atom. The Balaban J connectivity index is 0. The molecule has 114 valence electrons. The SMILES string of the molecule is CCNC(=O)CN=C(NCC)NCC(CC)CC.I. The third-order valence-corrected chi connectivity index (χ3v) is 2.81. The molecule has 0 fully saturated rings. The highest BCUT2D eigenvalue weighted by atomic mass is 127. The zero-order valence-electron chi connectivity index (χ0n) is 12.6. The summed E-state index contributed by atoms with van der Waals surface area (Å²) in [6.45, 7) is 10.8. The van der Waals surface area contributed by atoms with E-state index in [0.29, 0.717) is 12.5 Å². The van der Waals surface area contributed by atoms with Crippen molar-refractivity contribution in [3.63, 3.8) is 0 Å². The fourth-order valence-electron chi connectivity index (χ4n) is 1.56. The van der Waals surface area contributed by atoms with Crippen molar-refractivity contribution in [1.82, 2.24) is 16.0 Å². The molecule has 0 rings (SSSR count). The van der Waals surface area contributed by atoms with E-state index in [1.165, 1.54) is 0 Å². The number of likely N-dealkylation sites (N-methyl/N-ethyl adjacent to an activating group) is 1. The van der Waals surface area contributed by atoms with Crippen molar-refractivity contribution in [3.05, 3.63) is 0 Å². The molecule has 0 saturated heterocycles. The zero-order valence-corrected chi connectivity index (χ0v) is 14.9. The van der Waals surface area contributed by atoms with E-state index in [0.717, 1.165) is 31.9 Å². The first-order chi connectivity index (χ1) is 8.67. The van der Waals surface area contributed by atoms with Gasteiger partial charge < -0.3 is 16.0 Å². The van der Waals surface area contributed by atoms with Gasteiger partial charge in [-0.3, -0.25) is 4.79 Å². The van der Waals surface area contributed by atoms with Gasteiger partial charge in [0.1, 0.15) is 6.54 Å². The van der Waals surface area contributed by atoms with E-state index in [4.69, 9.17) is 0 Å². The quantitative estimate of drug-likeness (QED) is 0.339. The average Bonchev–Trinajstić information content (AvgIpc) is 2.37. The average molecular weight is 384 g/mol. The lowest BCUT2D eigenvalue weighted by Gasteiger charge is -2.16. The molecule has 0 saturated carbocycles. The first-order valence-electron chi connectivity index (χ1n) is 6.96. The summed E-state index contributed by atoms with van der Waals surface area (Å²) in [6.07, 6.45) is 2.30. The van der Waals surface area contributed by atoms with E-state index in [-0.39, 0.29) is 36.4 Å². The second kappa shape index (κ2) is 13.9. The number of amides is 1. The number of carbonyl (C=O) groups excluding carboxylic acids is 1. The molecular weight excluding hydrogens is 355 g/mol. The minimum atomic E-state index is -0.0442. The lowest BCUT2D eigenvalue weighted by atomic mass is 10.0. The molecule has 0 heterocycles. The predicted molar refractivity (Wildman–Crippen MR) is 92.2 cm³/mol. The summed E-state index contributed by atoms with van der Waals surface area (Å²) in [5.74, 6) is 1.33. The summed E-state index contributed by atoms with van der Waals surface area (Å²) in [5.41, 5.74) is 0. The van der Waals surface area contributed by atoms with Crippen LogP contribution in [-0.4, -0.2) is 38.0 Å². The molecule has 0 spiro atoms. The molecule has 6 heteroatoms. The predicted octanol–water partition coefficient (Wildman–Crippen LogP) is 1.73. The van der Waals surface area contributed by atoms with Crippen molar-refractivity contribution >= 4 is 35.8 Å². The lowest BCUT2D eigenvalue weighted by molar-refractivity contribution is -0.119. The number of nitrogens with one attached hydrogen (secondary N) is 3. The number of halogens is 1. The van der Waals surface area contributed by atoms with Gasteiger partial charge in [0.05, 0.1) is 0 Å². The van der Waals surface area contributed by atoms with Gasteiger partial charge in [0, 0.05) is 19.6 Å². The van der Waals surface area contributed by atoms with Gasteiger partial charge in [-0.2, -0.15) is 0 Å². The number of carbonyl (C=O) groups is 1. The molecule has 0 aromatic heterocycles. The van der Waals surface area contributed by atoms with Gasteiger partial charge >= 0.3 is 0 Å². The molecule has 0 bridgehead atoms. The van der Waals surface area contributed by atoms with Crippen LogP contribution in [0.1, 0.15) is 40.5 Å². The largest absolute Gasteiger partial charge is 0.357 e. The van der Waals surface area contributed by atoms with Crippen molar-refractivity contribution in [3.8, 4) is 0 Å². The summed E-state index contributed by atoms with van der Waals surface area (Å²) in [7, 11) is 0. The van der Waals surface area contributed by atoms with Gasteiger partial charge in [0.15, 0.2) is 5.96 Å². The number of nitrogens with zero attached hydrogens (tertiary/aromatic N) is 1. The van der Waals surface area contributed by atoms with Crippen LogP contribution in [0.25, 0.3) is 0 Å². The summed E-state index contributed by atoms with van der Waals surface area (Å²) in [4.78, 5) is 15.6. The van der Waals surface area contributed by atoms with Gasteiger partial charge in [0.2, 0.25) is 5.91 Å². The maximum absolute atomic E-state index is 11.3. The van der Waals surface area contributed by atoms with Crippen LogP contribution in [0, 0.1) is 5.92 Å². The maximum atomic E-state index is 11.3. The Labute approximate surface area is 134 Å². The third kappa shape index (κ3) is 11.0. The highest BCUT2D eigenvalue weighted by Gasteiger charge is 2.05. The van der Waals surface area contributed by atoms with Gasteiger partial charge in [-0.1, -0.05) is 26.7 Å². The molecule has 0 unspecified atom stereocenters. The normalized spacial score (nSPS) is 10.9. The van der Waals surface area contributed by atoms with Crippen LogP contribution in [0.4, 0.5) is 0 Å². The van der Waals surface area contributed by atoms with Crippen LogP contribution in [0.5, 0.6) is 0 Å². The van der Waals surface area contributed by atoms with Crippen molar-refractivity contribution in [2.75, 3.05) is 26.2 Å². The Hall–Kier alpha value is -0.530. The molecule has 0 aliphatic carbocycles. The summed E-state index contributed by atoms with van der Waals surface area (Å²) < 4.78 is 0. The standard InChI is InChI=1S/C13H28N4O.HI/c1-5-11(6-2)9-16-13(15-8-4)17-10-12(18)14-7-3;/h11H,5-10H2,1-4H3,(H,14,18)(H2,15,16,17);1H. The molecule has 0 atom stereocenters. The van der Waals surface area contributed by atoms with E-state index in [1.807, 2.05) is 13.8 Å².